The Morgan fingerprint density at radius 2 is 0.453 bits per heavy atom. The molecule has 19 heteroatoms. The van der Waals surface area contributed by atoms with Crippen LogP contribution >= 0.6 is 15.6 Å². The van der Waals surface area contributed by atoms with Crippen LogP contribution in [0, 0.1) is 23.7 Å². The molecule has 0 aliphatic heterocycles. The zero-order valence-electron chi connectivity index (χ0n) is 70.1. The van der Waals surface area contributed by atoms with Gasteiger partial charge in [0.25, 0.3) is 0 Å². The Morgan fingerprint density at radius 1 is 0.264 bits per heavy atom. The molecule has 17 nitrogen and oxygen atoms in total. The van der Waals surface area contributed by atoms with Crippen molar-refractivity contribution in [2.45, 2.75) is 472 Å². The van der Waals surface area contributed by atoms with E-state index < -0.39 is 97.5 Å². The molecule has 106 heavy (non-hydrogen) atoms. The molecule has 0 saturated carbocycles. The number of esters is 4. The van der Waals surface area contributed by atoms with Crippen LogP contribution in [-0.4, -0.2) is 96.7 Å². The van der Waals surface area contributed by atoms with Crippen molar-refractivity contribution in [1.29, 1.82) is 0 Å². The first-order valence-electron chi connectivity index (χ1n) is 44.8. The molecule has 0 spiro atoms. The molecule has 0 heterocycles. The first-order chi connectivity index (χ1) is 51.2. The summed E-state index contributed by atoms with van der Waals surface area (Å²) >= 11 is 0. The van der Waals surface area contributed by atoms with Gasteiger partial charge >= 0.3 is 39.5 Å². The van der Waals surface area contributed by atoms with Crippen molar-refractivity contribution < 1.29 is 80.2 Å². The predicted octanol–water partition coefficient (Wildman–Crippen LogP) is 26.3. The molecule has 5 unspecified atom stereocenters. The van der Waals surface area contributed by atoms with Gasteiger partial charge in [-0.1, -0.05) is 402 Å². The number of rotatable bonds is 84. The number of ether oxygens (including phenoxy) is 4. The van der Waals surface area contributed by atoms with Crippen LogP contribution in [0.2, 0.25) is 0 Å². The van der Waals surface area contributed by atoms with Crippen LogP contribution in [0.25, 0.3) is 0 Å². The van der Waals surface area contributed by atoms with Gasteiger partial charge in [-0.3, -0.25) is 37.3 Å². The van der Waals surface area contributed by atoms with E-state index in [-0.39, 0.29) is 25.7 Å². The van der Waals surface area contributed by atoms with Gasteiger partial charge in [0.2, 0.25) is 0 Å². The lowest BCUT2D eigenvalue weighted by atomic mass is 9.99. The van der Waals surface area contributed by atoms with Gasteiger partial charge in [0.05, 0.1) is 26.4 Å². The molecule has 0 bridgehead atoms. The first kappa shape index (κ1) is 104. The fraction of sp³-hybridized carbons (Fsp3) is 0.954. The molecule has 0 aromatic heterocycles. The van der Waals surface area contributed by atoms with Gasteiger partial charge in [-0.05, 0) is 49.4 Å². The summed E-state index contributed by atoms with van der Waals surface area (Å²) in [4.78, 5) is 73.2. The van der Waals surface area contributed by atoms with E-state index in [4.69, 9.17) is 37.0 Å². The molecule has 0 aliphatic rings. The summed E-state index contributed by atoms with van der Waals surface area (Å²) in [5.41, 5.74) is 0. The molecule has 0 saturated heterocycles. The Balaban J connectivity index is 5.13. The highest BCUT2D eigenvalue weighted by Crippen LogP contribution is 2.45. The van der Waals surface area contributed by atoms with Gasteiger partial charge < -0.3 is 33.8 Å². The molecular weight excluding hydrogens is 1380 g/mol. The maximum atomic E-state index is 13.1. The molecular formula is C87H170O17P2. The van der Waals surface area contributed by atoms with Gasteiger partial charge in [0.15, 0.2) is 12.2 Å². The zero-order valence-corrected chi connectivity index (χ0v) is 71.9. The number of phosphoric ester groups is 2. The number of carbonyl (C=O) groups is 4. The number of hydrogen-bond acceptors (Lipinski definition) is 15. The molecule has 0 aromatic rings. The number of hydrogen-bond donors (Lipinski definition) is 3. The summed E-state index contributed by atoms with van der Waals surface area (Å²) in [5.74, 6) is 1.08. The van der Waals surface area contributed by atoms with E-state index in [0.717, 1.165) is 114 Å². The molecule has 0 amide bonds. The van der Waals surface area contributed by atoms with Crippen molar-refractivity contribution in [2.24, 2.45) is 23.7 Å². The van der Waals surface area contributed by atoms with E-state index in [1.54, 1.807) is 0 Å². The zero-order chi connectivity index (χ0) is 78.1. The number of aliphatic hydroxyl groups excluding tert-OH is 1. The summed E-state index contributed by atoms with van der Waals surface area (Å²) in [7, 11) is -9.93. The van der Waals surface area contributed by atoms with Crippen LogP contribution in [0.3, 0.4) is 0 Å². The van der Waals surface area contributed by atoms with Crippen molar-refractivity contribution in [3.05, 3.63) is 0 Å². The minimum Gasteiger partial charge on any atom is -0.462 e. The third kappa shape index (κ3) is 77.4. The molecule has 0 aliphatic carbocycles. The molecule has 3 N–H and O–H groups in total. The Kier molecular flexibility index (Phi) is 74.3. The lowest BCUT2D eigenvalue weighted by Crippen LogP contribution is -2.30. The van der Waals surface area contributed by atoms with Crippen LogP contribution in [0.1, 0.15) is 453 Å². The molecule has 0 rings (SSSR count). The normalized spacial score (nSPS) is 14.4. The Morgan fingerprint density at radius 3 is 0.670 bits per heavy atom. The third-order valence-electron chi connectivity index (χ3n) is 21.0. The quantitative estimate of drug-likeness (QED) is 0.0222. The maximum absolute atomic E-state index is 13.1. The average Bonchev–Trinajstić information content (AvgIpc) is 0.903. The molecule has 7 atom stereocenters. The summed E-state index contributed by atoms with van der Waals surface area (Å²) in [5, 5.41) is 10.7. The lowest BCUT2D eigenvalue weighted by molar-refractivity contribution is -0.161. The van der Waals surface area contributed by atoms with E-state index in [1.165, 1.54) is 250 Å². The van der Waals surface area contributed by atoms with E-state index in [0.29, 0.717) is 31.6 Å². The lowest BCUT2D eigenvalue weighted by Gasteiger charge is -2.21. The maximum Gasteiger partial charge on any atom is 0.472 e. The summed E-state index contributed by atoms with van der Waals surface area (Å²) in [6.07, 6.45) is 65.5. The molecule has 0 aromatic carbocycles. The fourth-order valence-corrected chi connectivity index (χ4v) is 15.0. The van der Waals surface area contributed by atoms with Crippen molar-refractivity contribution in [3.8, 4) is 0 Å². The van der Waals surface area contributed by atoms with Crippen LogP contribution < -0.4 is 0 Å². The Bertz CT molecular complexity index is 2060. The van der Waals surface area contributed by atoms with E-state index >= 15 is 0 Å². The van der Waals surface area contributed by atoms with Crippen molar-refractivity contribution >= 4 is 39.5 Å². The van der Waals surface area contributed by atoms with Crippen LogP contribution in [0.4, 0.5) is 0 Å². The Hall–Kier alpha value is -1.94. The average molecular weight is 1550 g/mol. The van der Waals surface area contributed by atoms with Gasteiger partial charge in [0.1, 0.15) is 19.3 Å². The van der Waals surface area contributed by atoms with Crippen molar-refractivity contribution in [1.82, 2.24) is 0 Å². The predicted molar refractivity (Wildman–Crippen MR) is 437 cm³/mol. The number of aliphatic hydroxyl groups is 1. The standard InChI is InChI=1S/C87H170O17P2/c1-9-79(7)65-57-49-41-33-27-23-19-15-11-13-17-21-25-29-35-43-51-59-67-84(89)97-73-82(104-87(92)70-62-54-45-37-31-32-39-47-55-63-77(3)4)75-101-105(93,94)99-71-81(88)72-100-106(95,96)102-76-83(74-98-85(90)68-60-52-46-38-40-48-56-64-78(5)6)103-86(91)69-61-53-44-36-30-26-22-18-14-12-16-20-24-28-34-42-50-58-66-80(8)10-2/h77-83,88H,9-76H2,1-8H3,(H,93,94)(H,95,96)/t79?,80?,81?,82-,83-/m1/s1. The SMILES string of the molecule is CCC(C)CCCCCCCCCCCCCCCCCCCCC(=O)OC[C@H](COP(=O)(O)OCC(O)COP(=O)(O)OC[C@@H](COC(=O)CCCCCCCCCC(C)C)OC(=O)CCCCCCCCCCCCCCCCCCCCC(C)CC)OC(=O)CCCCCCCCCCCC(C)C. The van der Waals surface area contributed by atoms with E-state index in [2.05, 4.69) is 55.4 Å². The second-order valence-electron chi connectivity index (χ2n) is 32.7. The fourth-order valence-electron chi connectivity index (χ4n) is 13.4. The monoisotopic (exact) mass is 1550 g/mol. The smallest absolute Gasteiger partial charge is 0.462 e. The largest absolute Gasteiger partial charge is 0.472 e. The second kappa shape index (κ2) is 75.7. The molecule has 630 valence electrons. The minimum absolute atomic E-state index is 0.106. The summed E-state index contributed by atoms with van der Waals surface area (Å²) in [6.45, 7) is 14.3. The molecule has 0 radical (unpaired) electrons. The second-order valence-corrected chi connectivity index (χ2v) is 35.6. The van der Waals surface area contributed by atoms with Gasteiger partial charge in [-0.15, -0.1) is 0 Å². The minimum atomic E-state index is -4.96. The van der Waals surface area contributed by atoms with Crippen molar-refractivity contribution in [2.75, 3.05) is 39.6 Å². The van der Waals surface area contributed by atoms with Crippen LogP contribution in [0.15, 0.2) is 0 Å². The highest BCUT2D eigenvalue weighted by Gasteiger charge is 2.31. The van der Waals surface area contributed by atoms with E-state index in [9.17, 15) is 43.2 Å². The highest BCUT2D eigenvalue weighted by atomic mass is 31.2. The summed E-state index contributed by atoms with van der Waals surface area (Å²) in [6, 6.07) is 0. The van der Waals surface area contributed by atoms with Gasteiger partial charge in [-0.2, -0.15) is 0 Å². The van der Waals surface area contributed by atoms with E-state index in [1.807, 2.05) is 0 Å². The number of unbranched alkanes of at least 4 members (excludes halogenated alkanes) is 48. The Labute approximate surface area is 651 Å². The molecule has 0 fully saturated rings. The van der Waals surface area contributed by atoms with Crippen LogP contribution in [0.5, 0.6) is 0 Å². The number of carbonyl (C=O) groups excluding carboxylic acids is 4. The first-order valence-corrected chi connectivity index (χ1v) is 47.8. The van der Waals surface area contributed by atoms with Crippen LogP contribution in [-0.2, 0) is 65.4 Å². The highest BCUT2D eigenvalue weighted by molar-refractivity contribution is 7.47. The summed E-state index contributed by atoms with van der Waals surface area (Å²) < 4.78 is 68.8. The van der Waals surface area contributed by atoms with Gasteiger partial charge in [-0.25, -0.2) is 9.13 Å². The third-order valence-corrected chi connectivity index (χ3v) is 22.9. The van der Waals surface area contributed by atoms with Gasteiger partial charge in [0, 0.05) is 25.7 Å². The van der Waals surface area contributed by atoms with Crippen molar-refractivity contribution in [3.63, 3.8) is 0 Å². The topological polar surface area (TPSA) is 237 Å². The number of phosphoric acid groups is 2.